The van der Waals surface area contributed by atoms with Gasteiger partial charge in [0.15, 0.2) is 5.75 Å². The third-order valence-electron chi connectivity index (χ3n) is 5.30. The molecule has 2 heterocycles. The molecule has 0 saturated heterocycles. The molecule has 0 fully saturated rings. The van der Waals surface area contributed by atoms with Crippen molar-refractivity contribution in [2.24, 2.45) is 5.73 Å². The molecule has 8 nitrogen and oxygen atoms in total. The van der Waals surface area contributed by atoms with Crippen molar-refractivity contribution in [2.45, 2.75) is 18.1 Å². The Kier molecular flexibility index (Phi) is 5.19. The Balaban J connectivity index is 1.99. The van der Waals surface area contributed by atoms with E-state index in [0.29, 0.717) is 16.5 Å². The summed E-state index contributed by atoms with van der Waals surface area (Å²) in [5.74, 6) is -1.43. The van der Waals surface area contributed by atoms with E-state index >= 15 is 0 Å². The van der Waals surface area contributed by atoms with Gasteiger partial charge in [-0.15, -0.1) is 0 Å². The van der Waals surface area contributed by atoms with E-state index in [2.05, 4.69) is 0 Å². The summed E-state index contributed by atoms with van der Waals surface area (Å²) >= 11 is 0. The van der Waals surface area contributed by atoms with Gasteiger partial charge in [-0.05, 0) is 23.8 Å². The number of hydrogen-bond acceptors (Lipinski definition) is 8. The summed E-state index contributed by atoms with van der Waals surface area (Å²) < 4.78 is 27.1. The van der Waals surface area contributed by atoms with Crippen molar-refractivity contribution in [3.63, 3.8) is 0 Å². The molecule has 0 amide bonds. The third-order valence-corrected chi connectivity index (χ3v) is 5.30. The van der Waals surface area contributed by atoms with E-state index in [-0.39, 0.29) is 28.9 Å². The normalized spacial score (nSPS) is 23.0. The van der Waals surface area contributed by atoms with Gasteiger partial charge in [0.25, 0.3) is 0 Å². The Morgan fingerprint density at radius 2 is 1.83 bits per heavy atom. The van der Waals surface area contributed by atoms with E-state index in [1.807, 2.05) is 0 Å². The van der Waals surface area contributed by atoms with Gasteiger partial charge in [-0.2, -0.15) is 0 Å². The first-order chi connectivity index (χ1) is 14.5. The van der Waals surface area contributed by atoms with Crippen LogP contribution in [0.3, 0.4) is 0 Å². The molecule has 0 saturated carbocycles. The molecule has 1 aliphatic carbocycles. The molecule has 8 heteroatoms. The van der Waals surface area contributed by atoms with Gasteiger partial charge in [-0.1, -0.05) is 24.3 Å². The highest BCUT2D eigenvalue weighted by molar-refractivity contribution is 5.94. The molecule has 1 aliphatic heterocycles. The van der Waals surface area contributed by atoms with E-state index in [4.69, 9.17) is 29.1 Å². The summed E-state index contributed by atoms with van der Waals surface area (Å²) in [6, 6.07) is 6.96. The molecule has 0 radical (unpaired) electrons. The van der Waals surface area contributed by atoms with Crippen LogP contribution in [0, 0.1) is 0 Å². The number of nitrogens with two attached hydrogens (primary N) is 1. The number of esters is 1. The first-order valence-corrected chi connectivity index (χ1v) is 9.27. The van der Waals surface area contributed by atoms with E-state index in [1.165, 1.54) is 7.11 Å². The summed E-state index contributed by atoms with van der Waals surface area (Å²) in [7, 11) is 4.36. The molecule has 0 unspecified atom stereocenters. The zero-order chi connectivity index (χ0) is 21.4. The van der Waals surface area contributed by atoms with Gasteiger partial charge in [0.2, 0.25) is 5.88 Å². The molecule has 0 bridgehead atoms. The van der Waals surface area contributed by atoms with Crippen LogP contribution in [0.15, 0.2) is 68.7 Å². The average Bonchev–Trinajstić information content (AvgIpc) is 2.77. The molecule has 2 N–H and O–H groups in total. The number of fused-ring (bicyclic) bond motifs is 3. The van der Waals surface area contributed by atoms with Gasteiger partial charge in [0.1, 0.15) is 23.4 Å². The van der Waals surface area contributed by atoms with E-state index < -0.39 is 23.6 Å². The minimum atomic E-state index is -0.853. The minimum Gasteiger partial charge on any atom is -0.465 e. The minimum absolute atomic E-state index is 0.0224. The van der Waals surface area contributed by atoms with Gasteiger partial charge in [0, 0.05) is 14.2 Å². The van der Waals surface area contributed by atoms with Crippen LogP contribution in [0.2, 0.25) is 0 Å². The predicted molar refractivity (Wildman–Crippen MR) is 108 cm³/mol. The SMILES string of the molecule is COC(=O)C1=C(N)Oc2c(c(=O)oc3ccccc23)[C@H]1C1=C[C@H](OC)[C@H](OC)C=C1. The highest BCUT2D eigenvalue weighted by Crippen LogP contribution is 2.45. The molecule has 156 valence electrons. The molecule has 2 aromatic rings. The smallest absolute Gasteiger partial charge is 0.344 e. The maximum Gasteiger partial charge on any atom is 0.344 e. The zero-order valence-electron chi connectivity index (χ0n) is 16.7. The Morgan fingerprint density at radius 3 is 2.53 bits per heavy atom. The maximum absolute atomic E-state index is 13.0. The number of carbonyl (C=O) groups is 1. The Labute approximate surface area is 172 Å². The Bertz CT molecular complexity index is 1160. The Hall–Kier alpha value is -3.36. The second-order valence-corrected chi connectivity index (χ2v) is 6.86. The fraction of sp³-hybridized carbons (Fsp3) is 0.273. The monoisotopic (exact) mass is 411 g/mol. The fourth-order valence-electron chi connectivity index (χ4n) is 3.87. The van der Waals surface area contributed by atoms with Gasteiger partial charge >= 0.3 is 11.6 Å². The van der Waals surface area contributed by atoms with E-state index in [9.17, 15) is 9.59 Å². The molecule has 3 atom stereocenters. The topological polar surface area (TPSA) is 110 Å². The van der Waals surface area contributed by atoms with Crippen LogP contribution >= 0.6 is 0 Å². The lowest BCUT2D eigenvalue weighted by atomic mass is 9.80. The summed E-state index contributed by atoms with van der Waals surface area (Å²) in [5, 5.41) is 0.572. The summed E-state index contributed by atoms with van der Waals surface area (Å²) in [6.45, 7) is 0. The zero-order valence-corrected chi connectivity index (χ0v) is 16.7. The lowest BCUT2D eigenvalue weighted by Gasteiger charge is -2.31. The predicted octanol–water partition coefficient (Wildman–Crippen LogP) is 2.14. The number of para-hydroxylation sites is 1. The van der Waals surface area contributed by atoms with Crippen molar-refractivity contribution in [1.82, 2.24) is 0 Å². The average molecular weight is 411 g/mol. The molecule has 30 heavy (non-hydrogen) atoms. The lowest BCUT2D eigenvalue weighted by molar-refractivity contribution is -0.136. The summed E-state index contributed by atoms with van der Waals surface area (Å²) in [5.41, 5.74) is 6.69. The van der Waals surface area contributed by atoms with Crippen LogP contribution in [-0.2, 0) is 19.0 Å². The van der Waals surface area contributed by atoms with Crippen LogP contribution in [0.4, 0.5) is 0 Å². The number of carbonyl (C=O) groups excluding carboxylic acids is 1. The van der Waals surface area contributed by atoms with Crippen molar-refractivity contribution in [3.05, 3.63) is 75.5 Å². The lowest BCUT2D eigenvalue weighted by Crippen LogP contribution is -2.34. The molecule has 0 spiro atoms. The van der Waals surface area contributed by atoms with E-state index in [1.54, 1.807) is 56.7 Å². The van der Waals surface area contributed by atoms with Crippen LogP contribution in [0.5, 0.6) is 5.75 Å². The van der Waals surface area contributed by atoms with Crippen LogP contribution in [0.1, 0.15) is 11.5 Å². The van der Waals surface area contributed by atoms with Crippen molar-refractivity contribution in [2.75, 3.05) is 21.3 Å². The third kappa shape index (κ3) is 3.10. The van der Waals surface area contributed by atoms with Crippen LogP contribution in [0.25, 0.3) is 11.0 Å². The largest absolute Gasteiger partial charge is 0.465 e. The first-order valence-electron chi connectivity index (χ1n) is 9.27. The number of ether oxygens (including phenoxy) is 4. The van der Waals surface area contributed by atoms with Crippen molar-refractivity contribution < 1.29 is 28.2 Å². The number of methoxy groups -OCH3 is 3. The summed E-state index contributed by atoms with van der Waals surface area (Å²) in [4.78, 5) is 25.6. The molecule has 4 rings (SSSR count). The molecular formula is C22H21NO7. The highest BCUT2D eigenvalue weighted by Gasteiger charge is 2.40. The molecule has 1 aromatic carbocycles. The number of allylic oxidation sites excluding steroid dienone is 2. The highest BCUT2D eigenvalue weighted by atomic mass is 16.5. The second-order valence-electron chi connectivity index (χ2n) is 6.86. The standard InChI is InChI=1S/C22H21NO7/c1-26-14-9-8-11(10-15(14)27-2)16-17-19(30-20(23)18(16)21(24)28-3)12-6-4-5-7-13(12)29-22(17)25/h4-10,14-16H,23H2,1-3H3/t14-,15+,16-/m1/s1. The van der Waals surface area contributed by atoms with Gasteiger partial charge in [-0.3, -0.25) is 0 Å². The molecule has 1 aromatic heterocycles. The number of benzene rings is 1. The maximum atomic E-state index is 13.0. The Morgan fingerprint density at radius 1 is 1.10 bits per heavy atom. The quantitative estimate of drug-likeness (QED) is 0.602. The summed E-state index contributed by atoms with van der Waals surface area (Å²) in [6.07, 6.45) is 4.63. The van der Waals surface area contributed by atoms with Crippen molar-refractivity contribution in [3.8, 4) is 5.75 Å². The van der Waals surface area contributed by atoms with Crippen molar-refractivity contribution >= 4 is 16.9 Å². The van der Waals surface area contributed by atoms with Crippen molar-refractivity contribution in [1.29, 1.82) is 0 Å². The van der Waals surface area contributed by atoms with Gasteiger partial charge < -0.3 is 29.1 Å². The second kappa shape index (κ2) is 7.81. The molecule has 2 aliphatic rings. The van der Waals surface area contributed by atoms with Gasteiger partial charge in [-0.25, -0.2) is 9.59 Å². The fourth-order valence-corrected chi connectivity index (χ4v) is 3.87. The van der Waals surface area contributed by atoms with Crippen LogP contribution < -0.4 is 16.1 Å². The van der Waals surface area contributed by atoms with E-state index in [0.717, 1.165) is 0 Å². The number of hydrogen-bond donors (Lipinski definition) is 1. The first kappa shape index (κ1) is 19.9. The van der Waals surface area contributed by atoms with Gasteiger partial charge in [0.05, 0.1) is 24.0 Å². The number of rotatable bonds is 4. The van der Waals surface area contributed by atoms with Crippen LogP contribution in [-0.4, -0.2) is 39.5 Å². The molecular weight excluding hydrogens is 390 g/mol.